The molecule has 0 N–H and O–H groups in total. The van der Waals surface area contributed by atoms with E-state index in [9.17, 15) is 13.2 Å². The second-order valence-corrected chi connectivity index (χ2v) is 6.77. The van der Waals surface area contributed by atoms with Crippen LogP contribution in [0.15, 0.2) is 18.2 Å². The summed E-state index contributed by atoms with van der Waals surface area (Å²) in [5.41, 5.74) is -0.704. The smallest absolute Gasteiger partial charge is 0.416 e. The molecule has 2 aliphatic heterocycles. The van der Waals surface area contributed by atoms with E-state index in [4.69, 9.17) is 9.47 Å². The molecule has 0 saturated carbocycles. The van der Waals surface area contributed by atoms with Gasteiger partial charge in [0.1, 0.15) is 6.10 Å². The second-order valence-electron chi connectivity index (χ2n) is 6.77. The first-order valence-electron chi connectivity index (χ1n) is 8.61. The molecule has 6 heteroatoms. The van der Waals surface area contributed by atoms with Gasteiger partial charge < -0.3 is 14.4 Å². The number of piperidine rings is 1. The zero-order chi connectivity index (χ0) is 17.3. The summed E-state index contributed by atoms with van der Waals surface area (Å²) in [7, 11) is 2.15. The van der Waals surface area contributed by atoms with E-state index in [-0.39, 0.29) is 11.9 Å². The van der Waals surface area contributed by atoms with Crippen molar-refractivity contribution in [3.8, 4) is 11.5 Å². The second kappa shape index (κ2) is 6.82. The van der Waals surface area contributed by atoms with Gasteiger partial charge in [0.25, 0.3) is 0 Å². The average molecular weight is 343 g/mol. The van der Waals surface area contributed by atoms with Gasteiger partial charge in [-0.15, -0.1) is 0 Å². The van der Waals surface area contributed by atoms with Gasteiger partial charge in [0.15, 0.2) is 11.5 Å². The number of alkyl halides is 3. The Balaban J connectivity index is 1.76. The van der Waals surface area contributed by atoms with Gasteiger partial charge in [-0.2, -0.15) is 13.2 Å². The van der Waals surface area contributed by atoms with E-state index in [1.165, 1.54) is 18.9 Å². The molecule has 3 rings (SSSR count). The van der Waals surface area contributed by atoms with Gasteiger partial charge in [-0.1, -0.05) is 6.92 Å². The summed E-state index contributed by atoms with van der Waals surface area (Å²) in [6.07, 6.45) is 0.575. The molecule has 0 spiro atoms. The van der Waals surface area contributed by atoms with Crippen molar-refractivity contribution in [1.82, 2.24) is 4.90 Å². The molecule has 1 unspecified atom stereocenters. The van der Waals surface area contributed by atoms with Crippen LogP contribution < -0.4 is 9.47 Å². The fraction of sp³-hybridized carbons (Fsp3) is 0.667. The summed E-state index contributed by atoms with van der Waals surface area (Å²) in [6, 6.07) is 4.55. The molecule has 3 atom stereocenters. The fourth-order valence-corrected chi connectivity index (χ4v) is 3.74. The maximum Gasteiger partial charge on any atom is 0.416 e. The van der Waals surface area contributed by atoms with Gasteiger partial charge in [0, 0.05) is 12.1 Å². The molecule has 2 saturated heterocycles. The molecule has 0 amide bonds. The van der Waals surface area contributed by atoms with Crippen LogP contribution in [0.3, 0.4) is 0 Å². The van der Waals surface area contributed by atoms with Crippen LogP contribution >= 0.6 is 0 Å². The highest BCUT2D eigenvalue weighted by Gasteiger charge is 2.39. The van der Waals surface area contributed by atoms with Gasteiger partial charge in [-0.25, -0.2) is 0 Å². The Morgan fingerprint density at radius 2 is 1.79 bits per heavy atom. The quantitative estimate of drug-likeness (QED) is 0.786. The molecule has 0 aromatic heterocycles. The maximum atomic E-state index is 12.9. The van der Waals surface area contributed by atoms with Crippen molar-refractivity contribution in [2.75, 3.05) is 13.7 Å². The molecule has 2 fully saturated rings. The lowest BCUT2D eigenvalue weighted by molar-refractivity contribution is -0.137. The molecular formula is C18H24F3NO2. The molecule has 2 heterocycles. The van der Waals surface area contributed by atoms with E-state index in [0.717, 1.165) is 31.4 Å². The first-order chi connectivity index (χ1) is 11.4. The van der Waals surface area contributed by atoms with Gasteiger partial charge in [0.2, 0.25) is 0 Å². The molecule has 134 valence electrons. The molecule has 3 nitrogen and oxygen atoms in total. The highest BCUT2D eigenvalue weighted by atomic mass is 19.4. The molecule has 0 radical (unpaired) electrons. The van der Waals surface area contributed by atoms with E-state index in [2.05, 4.69) is 11.9 Å². The Labute approximate surface area is 140 Å². The van der Waals surface area contributed by atoms with Crippen LogP contribution in [0.4, 0.5) is 13.2 Å². The first-order valence-corrected chi connectivity index (χ1v) is 8.61. The average Bonchev–Trinajstić information content (AvgIpc) is 2.74. The van der Waals surface area contributed by atoms with Crippen molar-refractivity contribution in [1.29, 1.82) is 0 Å². The third-order valence-corrected chi connectivity index (χ3v) is 5.08. The van der Waals surface area contributed by atoms with Gasteiger partial charge in [-0.05, 0) is 57.4 Å². The van der Waals surface area contributed by atoms with Crippen molar-refractivity contribution in [2.24, 2.45) is 0 Å². The fourth-order valence-electron chi connectivity index (χ4n) is 3.74. The minimum Gasteiger partial charge on any atom is -0.490 e. The Morgan fingerprint density at radius 1 is 1.12 bits per heavy atom. The van der Waals surface area contributed by atoms with E-state index in [1.807, 2.05) is 6.92 Å². The molecule has 2 aliphatic rings. The SMILES string of the molecule is CCCOc1cc(C(F)(F)F)ccc1OC1C[C@H]2CC[C@@H](C1)N2C. The Bertz CT molecular complexity index is 562. The van der Waals surface area contributed by atoms with Crippen LogP contribution in [0.2, 0.25) is 0 Å². The number of nitrogens with zero attached hydrogens (tertiary/aromatic N) is 1. The Morgan fingerprint density at radius 3 is 2.38 bits per heavy atom. The lowest BCUT2D eigenvalue weighted by Crippen LogP contribution is -2.43. The summed E-state index contributed by atoms with van der Waals surface area (Å²) in [5, 5.41) is 0. The highest BCUT2D eigenvalue weighted by molar-refractivity contribution is 5.44. The number of benzene rings is 1. The summed E-state index contributed by atoms with van der Waals surface area (Å²) in [6.45, 7) is 2.29. The standard InChI is InChI=1S/C18H24F3NO2/c1-3-8-23-17-9-12(18(19,20)21)4-7-16(17)24-15-10-13-5-6-14(11-15)22(13)2/h4,7,9,13-15H,3,5-6,8,10-11H2,1-2H3/t13-,14+,15?. The third-order valence-electron chi connectivity index (χ3n) is 5.08. The number of fused-ring (bicyclic) bond motifs is 2. The van der Waals surface area contributed by atoms with E-state index >= 15 is 0 Å². The Hall–Kier alpha value is -1.43. The number of hydrogen-bond acceptors (Lipinski definition) is 3. The lowest BCUT2D eigenvalue weighted by atomic mass is 10.0. The van der Waals surface area contributed by atoms with Gasteiger partial charge in [0.05, 0.1) is 12.2 Å². The van der Waals surface area contributed by atoms with Crippen LogP contribution in [0.5, 0.6) is 11.5 Å². The predicted molar refractivity (Wildman–Crippen MR) is 85.5 cm³/mol. The molecule has 1 aromatic rings. The molecule has 0 aliphatic carbocycles. The maximum absolute atomic E-state index is 12.9. The molecule has 24 heavy (non-hydrogen) atoms. The van der Waals surface area contributed by atoms with E-state index < -0.39 is 11.7 Å². The molecule has 1 aromatic carbocycles. The van der Waals surface area contributed by atoms with Crippen molar-refractivity contribution in [3.05, 3.63) is 23.8 Å². The monoisotopic (exact) mass is 343 g/mol. The third kappa shape index (κ3) is 3.63. The van der Waals surface area contributed by atoms with E-state index in [0.29, 0.717) is 24.4 Å². The predicted octanol–water partition coefficient (Wildman–Crippen LogP) is 4.50. The number of rotatable bonds is 5. The normalized spacial score (nSPS) is 27.3. The molecular weight excluding hydrogens is 319 g/mol. The van der Waals surface area contributed by atoms with Crippen LogP contribution in [-0.4, -0.2) is 36.7 Å². The van der Waals surface area contributed by atoms with Crippen molar-refractivity contribution in [3.63, 3.8) is 0 Å². The van der Waals surface area contributed by atoms with Crippen LogP contribution in [-0.2, 0) is 6.18 Å². The largest absolute Gasteiger partial charge is 0.490 e. The summed E-state index contributed by atoms with van der Waals surface area (Å²) in [5.74, 6) is 0.614. The van der Waals surface area contributed by atoms with Crippen molar-refractivity contribution in [2.45, 2.75) is 63.4 Å². The number of hydrogen-bond donors (Lipinski definition) is 0. The number of halogens is 3. The minimum atomic E-state index is -4.38. The zero-order valence-corrected chi connectivity index (χ0v) is 14.1. The van der Waals surface area contributed by atoms with Gasteiger partial charge >= 0.3 is 6.18 Å². The first kappa shape index (κ1) is 17.4. The van der Waals surface area contributed by atoms with Gasteiger partial charge in [-0.3, -0.25) is 0 Å². The summed E-state index contributed by atoms with van der Waals surface area (Å²) in [4.78, 5) is 2.40. The van der Waals surface area contributed by atoms with Crippen LogP contribution in [0.25, 0.3) is 0 Å². The summed E-state index contributed by atoms with van der Waals surface area (Å²) < 4.78 is 50.4. The van der Waals surface area contributed by atoms with Crippen LogP contribution in [0.1, 0.15) is 44.6 Å². The molecule has 2 bridgehead atoms. The van der Waals surface area contributed by atoms with Crippen LogP contribution in [0, 0.1) is 0 Å². The Kier molecular flexibility index (Phi) is 4.95. The van der Waals surface area contributed by atoms with Crippen molar-refractivity contribution < 1.29 is 22.6 Å². The lowest BCUT2D eigenvalue weighted by Gasteiger charge is -2.36. The topological polar surface area (TPSA) is 21.7 Å². The number of ether oxygens (including phenoxy) is 2. The van der Waals surface area contributed by atoms with Crippen molar-refractivity contribution >= 4 is 0 Å². The highest BCUT2D eigenvalue weighted by Crippen LogP contribution is 2.40. The van der Waals surface area contributed by atoms with E-state index in [1.54, 1.807) is 0 Å². The zero-order valence-electron chi connectivity index (χ0n) is 14.1. The minimum absolute atomic E-state index is 0.0411. The summed E-state index contributed by atoms with van der Waals surface area (Å²) >= 11 is 0.